The SMILES string of the molecule is N#Cc1ccc(Cl)cc1NC(=O)C(=O)NCC1CCN(C2CCSCC2)CC1. The number of likely N-dealkylation sites (tertiary alicyclic amines) is 1. The molecule has 0 saturated carbocycles. The van der Waals surface area contributed by atoms with Gasteiger partial charge in [0.1, 0.15) is 6.07 Å². The van der Waals surface area contributed by atoms with Crippen molar-refractivity contribution in [3.8, 4) is 6.07 Å². The number of hydrogen-bond acceptors (Lipinski definition) is 5. The average Bonchev–Trinajstić information content (AvgIpc) is 2.73. The maximum atomic E-state index is 12.1. The molecule has 2 amide bonds. The number of nitrogens with zero attached hydrogens (tertiary/aromatic N) is 2. The Hall–Kier alpha value is -1.75. The molecular formula is C20H25ClN4O2S. The van der Waals surface area contributed by atoms with E-state index in [1.165, 1.54) is 36.5 Å². The highest BCUT2D eigenvalue weighted by Gasteiger charge is 2.27. The van der Waals surface area contributed by atoms with Crippen molar-refractivity contribution in [3.63, 3.8) is 0 Å². The molecule has 2 aliphatic rings. The Morgan fingerprint density at radius 1 is 1.18 bits per heavy atom. The molecule has 0 aliphatic carbocycles. The molecule has 1 aromatic carbocycles. The number of benzene rings is 1. The monoisotopic (exact) mass is 420 g/mol. The summed E-state index contributed by atoms with van der Waals surface area (Å²) in [6.45, 7) is 2.63. The van der Waals surface area contributed by atoms with Crippen LogP contribution in [-0.4, -0.2) is 53.9 Å². The second-order valence-electron chi connectivity index (χ2n) is 7.29. The van der Waals surface area contributed by atoms with Crippen molar-refractivity contribution in [1.82, 2.24) is 10.2 Å². The van der Waals surface area contributed by atoms with E-state index in [4.69, 9.17) is 16.9 Å². The van der Waals surface area contributed by atoms with Crippen LogP contribution in [0.15, 0.2) is 18.2 Å². The number of nitriles is 1. The molecule has 0 bridgehead atoms. The van der Waals surface area contributed by atoms with Gasteiger partial charge >= 0.3 is 11.8 Å². The van der Waals surface area contributed by atoms with E-state index in [1.807, 2.05) is 17.8 Å². The first kappa shape index (κ1) is 21.0. The molecule has 1 aromatic rings. The Morgan fingerprint density at radius 3 is 2.57 bits per heavy atom. The van der Waals surface area contributed by atoms with Crippen molar-refractivity contribution in [2.75, 3.05) is 36.5 Å². The third kappa shape index (κ3) is 5.63. The highest BCUT2D eigenvalue weighted by molar-refractivity contribution is 7.99. The van der Waals surface area contributed by atoms with Crippen molar-refractivity contribution in [2.45, 2.75) is 31.7 Å². The maximum Gasteiger partial charge on any atom is 0.313 e. The smallest absolute Gasteiger partial charge is 0.313 e. The molecule has 0 unspecified atom stereocenters. The number of hydrogen-bond donors (Lipinski definition) is 2. The Balaban J connectivity index is 1.42. The maximum absolute atomic E-state index is 12.1. The fraction of sp³-hybridized carbons (Fsp3) is 0.550. The summed E-state index contributed by atoms with van der Waals surface area (Å²) in [7, 11) is 0. The topological polar surface area (TPSA) is 85.2 Å². The van der Waals surface area contributed by atoms with Crippen LogP contribution >= 0.6 is 23.4 Å². The van der Waals surface area contributed by atoms with Gasteiger partial charge in [0.15, 0.2) is 0 Å². The summed E-state index contributed by atoms with van der Waals surface area (Å²) in [5, 5.41) is 14.7. The minimum Gasteiger partial charge on any atom is -0.348 e. The molecule has 2 saturated heterocycles. The lowest BCUT2D eigenvalue weighted by molar-refractivity contribution is -0.136. The highest BCUT2D eigenvalue weighted by atomic mass is 35.5. The van der Waals surface area contributed by atoms with Crippen molar-refractivity contribution < 1.29 is 9.59 Å². The second kappa shape index (κ2) is 10.1. The number of anilines is 1. The van der Waals surface area contributed by atoms with Crippen molar-refractivity contribution >= 4 is 40.9 Å². The number of thioether (sulfide) groups is 1. The fourth-order valence-electron chi connectivity index (χ4n) is 3.79. The Morgan fingerprint density at radius 2 is 1.89 bits per heavy atom. The summed E-state index contributed by atoms with van der Waals surface area (Å²) in [5.41, 5.74) is 0.508. The molecule has 3 rings (SSSR count). The van der Waals surface area contributed by atoms with E-state index in [0.717, 1.165) is 32.0 Å². The van der Waals surface area contributed by atoms with Gasteiger partial charge in [0.05, 0.1) is 11.3 Å². The zero-order valence-electron chi connectivity index (χ0n) is 15.7. The van der Waals surface area contributed by atoms with Crippen LogP contribution in [0.1, 0.15) is 31.2 Å². The molecule has 28 heavy (non-hydrogen) atoms. The zero-order chi connectivity index (χ0) is 19.9. The molecule has 2 aliphatic heterocycles. The lowest BCUT2D eigenvalue weighted by Gasteiger charge is -2.39. The molecule has 6 nitrogen and oxygen atoms in total. The van der Waals surface area contributed by atoms with E-state index in [-0.39, 0.29) is 11.3 Å². The third-order valence-corrected chi connectivity index (χ3v) is 6.75. The van der Waals surface area contributed by atoms with Crippen LogP contribution < -0.4 is 10.6 Å². The van der Waals surface area contributed by atoms with Crippen LogP contribution in [-0.2, 0) is 9.59 Å². The average molecular weight is 421 g/mol. The number of halogens is 1. The van der Waals surface area contributed by atoms with Crippen LogP contribution in [0.25, 0.3) is 0 Å². The summed E-state index contributed by atoms with van der Waals surface area (Å²) >= 11 is 7.94. The molecule has 0 radical (unpaired) electrons. The van der Waals surface area contributed by atoms with Crippen LogP contribution in [0.2, 0.25) is 5.02 Å². The van der Waals surface area contributed by atoms with Crippen LogP contribution in [0.4, 0.5) is 5.69 Å². The summed E-state index contributed by atoms with van der Waals surface area (Å²) in [5.74, 6) is 1.45. The van der Waals surface area contributed by atoms with Crippen LogP contribution in [0.3, 0.4) is 0 Å². The van der Waals surface area contributed by atoms with Gasteiger partial charge in [0, 0.05) is 17.6 Å². The number of piperidine rings is 1. The van der Waals surface area contributed by atoms with Gasteiger partial charge in [-0.2, -0.15) is 17.0 Å². The van der Waals surface area contributed by atoms with Gasteiger partial charge in [-0.25, -0.2) is 0 Å². The van der Waals surface area contributed by atoms with E-state index in [0.29, 0.717) is 17.5 Å². The first-order valence-electron chi connectivity index (χ1n) is 9.67. The number of rotatable bonds is 4. The lowest BCUT2D eigenvalue weighted by atomic mass is 9.94. The van der Waals surface area contributed by atoms with Gasteiger partial charge < -0.3 is 15.5 Å². The fourth-order valence-corrected chi connectivity index (χ4v) is 5.04. The quantitative estimate of drug-likeness (QED) is 0.731. The molecule has 150 valence electrons. The summed E-state index contributed by atoms with van der Waals surface area (Å²) in [6, 6.07) is 7.22. The van der Waals surface area contributed by atoms with Gasteiger partial charge in [0.25, 0.3) is 0 Å². The number of amides is 2. The summed E-state index contributed by atoms with van der Waals surface area (Å²) in [4.78, 5) is 26.9. The van der Waals surface area contributed by atoms with Gasteiger partial charge in [-0.3, -0.25) is 9.59 Å². The molecular weight excluding hydrogens is 396 g/mol. The first-order chi connectivity index (χ1) is 13.6. The number of nitrogens with one attached hydrogen (secondary N) is 2. The van der Waals surface area contributed by atoms with Gasteiger partial charge in [-0.05, 0) is 74.4 Å². The van der Waals surface area contributed by atoms with Crippen LogP contribution in [0.5, 0.6) is 0 Å². The molecule has 2 heterocycles. The summed E-state index contributed by atoms with van der Waals surface area (Å²) in [6.07, 6.45) is 4.64. The van der Waals surface area contributed by atoms with Crippen LogP contribution in [0, 0.1) is 17.2 Å². The third-order valence-electron chi connectivity index (χ3n) is 5.46. The van der Waals surface area contributed by atoms with Crippen molar-refractivity contribution in [1.29, 1.82) is 5.26 Å². The minimum atomic E-state index is -0.782. The highest BCUT2D eigenvalue weighted by Crippen LogP contribution is 2.26. The van der Waals surface area contributed by atoms with Gasteiger partial charge in [0.2, 0.25) is 0 Å². The van der Waals surface area contributed by atoms with E-state index >= 15 is 0 Å². The number of carbonyl (C=O) groups is 2. The molecule has 0 atom stereocenters. The first-order valence-corrected chi connectivity index (χ1v) is 11.2. The van der Waals surface area contributed by atoms with Crippen molar-refractivity contribution in [3.05, 3.63) is 28.8 Å². The van der Waals surface area contributed by atoms with Crippen molar-refractivity contribution in [2.24, 2.45) is 5.92 Å². The van der Waals surface area contributed by atoms with E-state index in [2.05, 4.69) is 15.5 Å². The standard InChI is InChI=1S/C20H25ClN4O2S/c21-16-2-1-15(12-22)18(11-16)24-20(27)19(26)23-13-14-3-7-25(8-4-14)17-5-9-28-10-6-17/h1-2,11,14,17H,3-10,13H2,(H,23,26)(H,24,27). The normalized spacial score (nSPS) is 19.0. The predicted octanol–water partition coefficient (Wildman–Crippen LogP) is 2.87. The van der Waals surface area contributed by atoms with E-state index in [1.54, 1.807) is 6.07 Å². The van der Waals surface area contributed by atoms with Gasteiger partial charge in [-0.15, -0.1) is 0 Å². The predicted molar refractivity (Wildman–Crippen MR) is 112 cm³/mol. The van der Waals surface area contributed by atoms with E-state index < -0.39 is 11.8 Å². The molecule has 8 heteroatoms. The number of carbonyl (C=O) groups excluding carboxylic acids is 2. The molecule has 2 fully saturated rings. The largest absolute Gasteiger partial charge is 0.348 e. The van der Waals surface area contributed by atoms with E-state index in [9.17, 15) is 9.59 Å². The Bertz CT molecular complexity index is 753. The van der Waals surface area contributed by atoms with Gasteiger partial charge in [-0.1, -0.05) is 11.6 Å². The molecule has 0 aromatic heterocycles. The molecule has 2 N–H and O–H groups in total. The summed E-state index contributed by atoms with van der Waals surface area (Å²) < 4.78 is 0. The second-order valence-corrected chi connectivity index (χ2v) is 8.95. The minimum absolute atomic E-state index is 0.245. The Kier molecular flexibility index (Phi) is 7.60. The zero-order valence-corrected chi connectivity index (χ0v) is 17.3. The Labute approximate surface area is 175 Å². The molecule has 0 spiro atoms. The lowest BCUT2D eigenvalue weighted by Crippen LogP contribution is -2.45.